The number of fused-ring (bicyclic) bond motifs is 1. The number of hydrogen-bond acceptors (Lipinski definition) is 3. The number of anilines is 1. The summed E-state index contributed by atoms with van der Waals surface area (Å²) in [5, 5.41) is 10.2. The van der Waals surface area contributed by atoms with Crippen LogP contribution in [0.3, 0.4) is 0 Å². The van der Waals surface area contributed by atoms with Gasteiger partial charge in [-0.1, -0.05) is 60.1 Å². The zero-order valence-corrected chi connectivity index (χ0v) is 19.0. The van der Waals surface area contributed by atoms with Crippen molar-refractivity contribution in [3.63, 3.8) is 0 Å². The number of aromatic nitrogens is 3. The monoisotopic (exact) mass is 452 g/mol. The highest BCUT2D eigenvalue weighted by Gasteiger charge is 2.20. The smallest absolute Gasteiger partial charge is 0.295 e. The molecule has 5 nitrogen and oxygen atoms in total. The Labute approximate surface area is 196 Å². The summed E-state index contributed by atoms with van der Waals surface area (Å²) >= 11 is 6.09. The fourth-order valence-corrected chi connectivity index (χ4v) is 3.95. The van der Waals surface area contributed by atoms with Crippen molar-refractivity contribution in [2.24, 2.45) is 0 Å². The minimum atomic E-state index is -0.370. The lowest BCUT2D eigenvalue weighted by Gasteiger charge is -2.10. The maximum absolute atomic E-state index is 13.2. The fraction of sp³-hybridized carbons (Fsp3) is 0.0741. The Morgan fingerprint density at radius 2 is 1.67 bits per heavy atom. The van der Waals surface area contributed by atoms with E-state index in [9.17, 15) is 4.79 Å². The number of amides is 1. The van der Waals surface area contributed by atoms with Gasteiger partial charge >= 0.3 is 0 Å². The number of aryl methyl sites for hydroxylation is 2. The van der Waals surface area contributed by atoms with E-state index in [1.54, 1.807) is 16.8 Å². The molecule has 5 aromatic rings. The van der Waals surface area contributed by atoms with Gasteiger partial charge in [0, 0.05) is 21.7 Å². The SMILES string of the molecule is Cc1ccc(C)c(-n2nc(C(=O)Nc3cccc4ccccc34)nc2-c2ccc(Cl)cc2)c1. The van der Waals surface area contributed by atoms with Crippen LogP contribution in [-0.4, -0.2) is 20.7 Å². The van der Waals surface area contributed by atoms with Crippen molar-refractivity contribution >= 4 is 34.0 Å². The zero-order chi connectivity index (χ0) is 22.9. The third-order valence-electron chi connectivity index (χ3n) is 5.54. The highest BCUT2D eigenvalue weighted by molar-refractivity contribution is 6.30. The molecule has 6 heteroatoms. The molecule has 0 atom stereocenters. The summed E-state index contributed by atoms with van der Waals surface area (Å²) in [5.74, 6) is 0.294. The number of carbonyl (C=O) groups is 1. The predicted molar refractivity (Wildman–Crippen MR) is 133 cm³/mol. The van der Waals surface area contributed by atoms with Crippen LogP contribution in [0.1, 0.15) is 21.7 Å². The summed E-state index contributed by atoms with van der Waals surface area (Å²) in [6.07, 6.45) is 0. The standard InChI is InChI=1S/C27H21ClN4O/c1-17-10-11-18(2)24(16-17)32-26(20-12-14-21(28)15-13-20)30-25(31-32)27(33)29-23-9-5-7-19-6-3-4-8-22(19)23/h3-16H,1-2H3,(H,29,33). The zero-order valence-electron chi connectivity index (χ0n) is 18.2. The Balaban J connectivity index is 1.60. The van der Waals surface area contributed by atoms with E-state index < -0.39 is 0 Å². The van der Waals surface area contributed by atoms with Crippen LogP contribution >= 0.6 is 11.6 Å². The maximum atomic E-state index is 13.2. The Morgan fingerprint density at radius 1 is 0.909 bits per heavy atom. The van der Waals surface area contributed by atoms with Crippen LogP contribution in [0.25, 0.3) is 27.8 Å². The van der Waals surface area contributed by atoms with Gasteiger partial charge in [-0.3, -0.25) is 4.79 Å². The molecule has 4 aromatic carbocycles. The van der Waals surface area contributed by atoms with E-state index in [0.29, 0.717) is 16.5 Å². The number of carbonyl (C=O) groups excluding carboxylic acids is 1. The van der Waals surface area contributed by atoms with Crippen molar-refractivity contribution in [2.45, 2.75) is 13.8 Å². The molecule has 0 fully saturated rings. The number of benzene rings is 4. The highest BCUT2D eigenvalue weighted by atomic mass is 35.5. The number of hydrogen-bond donors (Lipinski definition) is 1. The van der Waals surface area contributed by atoms with Crippen LogP contribution in [0.15, 0.2) is 84.9 Å². The molecule has 0 saturated heterocycles. The van der Waals surface area contributed by atoms with Gasteiger partial charge in [0.05, 0.1) is 5.69 Å². The van der Waals surface area contributed by atoms with Crippen LogP contribution in [0.5, 0.6) is 0 Å². The van der Waals surface area contributed by atoms with Crippen LogP contribution in [0.2, 0.25) is 5.02 Å². The second-order valence-corrected chi connectivity index (χ2v) is 8.38. The van der Waals surface area contributed by atoms with Crippen LogP contribution < -0.4 is 5.32 Å². The molecule has 0 aliphatic rings. The van der Waals surface area contributed by atoms with Crippen LogP contribution in [0.4, 0.5) is 5.69 Å². The minimum Gasteiger partial charge on any atom is -0.319 e. The molecule has 33 heavy (non-hydrogen) atoms. The van der Waals surface area contributed by atoms with Gasteiger partial charge in [0.1, 0.15) is 0 Å². The van der Waals surface area contributed by atoms with E-state index in [-0.39, 0.29) is 11.7 Å². The molecule has 0 spiro atoms. The van der Waals surface area contributed by atoms with Gasteiger partial charge in [-0.05, 0) is 66.8 Å². The number of nitrogens with one attached hydrogen (secondary N) is 1. The quantitative estimate of drug-likeness (QED) is 0.333. The largest absolute Gasteiger partial charge is 0.319 e. The summed E-state index contributed by atoms with van der Waals surface area (Å²) in [5.41, 5.74) is 4.53. The predicted octanol–water partition coefficient (Wildman–Crippen LogP) is 6.61. The second-order valence-electron chi connectivity index (χ2n) is 7.95. The Hall–Kier alpha value is -3.96. The van der Waals surface area contributed by atoms with Crippen molar-refractivity contribution in [1.29, 1.82) is 0 Å². The average molecular weight is 453 g/mol. The molecule has 0 saturated carbocycles. The third-order valence-corrected chi connectivity index (χ3v) is 5.80. The normalized spacial score (nSPS) is 11.0. The van der Waals surface area contributed by atoms with E-state index in [2.05, 4.69) is 15.4 Å². The molecule has 5 rings (SSSR count). The third kappa shape index (κ3) is 4.11. The second kappa shape index (κ2) is 8.52. The molecule has 0 unspecified atom stereocenters. The lowest BCUT2D eigenvalue weighted by atomic mass is 10.1. The van der Waals surface area contributed by atoms with E-state index in [1.165, 1.54) is 0 Å². The van der Waals surface area contributed by atoms with Gasteiger partial charge in [0.25, 0.3) is 5.91 Å². The summed E-state index contributed by atoms with van der Waals surface area (Å²) in [7, 11) is 0. The van der Waals surface area contributed by atoms with Crippen LogP contribution in [0, 0.1) is 13.8 Å². The Kier molecular flexibility index (Phi) is 5.40. The van der Waals surface area contributed by atoms with Gasteiger partial charge in [-0.2, -0.15) is 0 Å². The van der Waals surface area contributed by atoms with E-state index in [1.807, 2.05) is 86.6 Å². The van der Waals surface area contributed by atoms with E-state index >= 15 is 0 Å². The lowest BCUT2D eigenvalue weighted by Crippen LogP contribution is -2.14. The first-order valence-electron chi connectivity index (χ1n) is 10.6. The topological polar surface area (TPSA) is 59.8 Å². The first-order chi connectivity index (χ1) is 16.0. The molecule has 0 aliphatic carbocycles. The summed E-state index contributed by atoms with van der Waals surface area (Å²) in [4.78, 5) is 17.9. The number of halogens is 1. The van der Waals surface area contributed by atoms with Gasteiger partial charge in [-0.25, -0.2) is 9.67 Å². The molecular formula is C27H21ClN4O. The molecule has 1 aromatic heterocycles. The van der Waals surface area contributed by atoms with Gasteiger partial charge in [-0.15, -0.1) is 5.10 Å². The van der Waals surface area contributed by atoms with E-state index in [0.717, 1.165) is 33.2 Å². The van der Waals surface area contributed by atoms with Crippen molar-refractivity contribution in [1.82, 2.24) is 14.8 Å². The number of nitrogens with zero attached hydrogens (tertiary/aromatic N) is 3. The highest BCUT2D eigenvalue weighted by Crippen LogP contribution is 2.27. The molecule has 0 bridgehead atoms. The molecule has 0 aliphatic heterocycles. The summed E-state index contributed by atoms with van der Waals surface area (Å²) in [6, 6.07) is 27.2. The van der Waals surface area contributed by atoms with Crippen molar-refractivity contribution < 1.29 is 4.79 Å². The number of rotatable bonds is 4. The summed E-state index contributed by atoms with van der Waals surface area (Å²) in [6.45, 7) is 4.04. The molecule has 0 radical (unpaired) electrons. The Bertz CT molecular complexity index is 1480. The lowest BCUT2D eigenvalue weighted by molar-refractivity contribution is 0.101. The first kappa shape index (κ1) is 20.9. The fourth-order valence-electron chi connectivity index (χ4n) is 3.82. The van der Waals surface area contributed by atoms with Crippen molar-refractivity contribution in [2.75, 3.05) is 5.32 Å². The van der Waals surface area contributed by atoms with Crippen LogP contribution in [-0.2, 0) is 0 Å². The maximum Gasteiger partial charge on any atom is 0.295 e. The molecule has 1 N–H and O–H groups in total. The molecular weight excluding hydrogens is 432 g/mol. The average Bonchev–Trinajstić information content (AvgIpc) is 3.27. The van der Waals surface area contributed by atoms with Crippen molar-refractivity contribution in [3.8, 4) is 17.1 Å². The van der Waals surface area contributed by atoms with Gasteiger partial charge in [0.2, 0.25) is 5.82 Å². The molecule has 1 amide bonds. The van der Waals surface area contributed by atoms with Crippen molar-refractivity contribution in [3.05, 3.63) is 107 Å². The van der Waals surface area contributed by atoms with Gasteiger partial charge < -0.3 is 5.32 Å². The minimum absolute atomic E-state index is 0.0915. The molecule has 162 valence electrons. The van der Waals surface area contributed by atoms with Gasteiger partial charge in [0.15, 0.2) is 5.82 Å². The summed E-state index contributed by atoms with van der Waals surface area (Å²) < 4.78 is 1.73. The Morgan fingerprint density at radius 3 is 2.48 bits per heavy atom. The first-order valence-corrected chi connectivity index (χ1v) is 11.0. The molecule has 1 heterocycles. The van der Waals surface area contributed by atoms with E-state index in [4.69, 9.17) is 11.6 Å².